The number of β-amino-alcohol motifs (C(OH)–C–C–N with tert-alkyl or cyclic N) is 1. The Kier molecular flexibility index (Phi) is 4.35. The summed E-state index contributed by atoms with van der Waals surface area (Å²) in [7, 11) is 0. The Morgan fingerprint density at radius 1 is 1.31 bits per heavy atom. The second kappa shape index (κ2) is 5.77. The molecular weight excluding hydrogens is 270 g/mol. The average Bonchev–Trinajstić information content (AvgIpc) is 2.31. The van der Waals surface area contributed by atoms with Gasteiger partial charge in [-0.2, -0.15) is 0 Å². The van der Waals surface area contributed by atoms with Crippen LogP contribution in [-0.4, -0.2) is 42.9 Å². The van der Waals surface area contributed by atoms with Crippen LogP contribution in [-0.2, 0) is 4.74 Å². The maximum atomic E-state index is 10.1. The van der Waals surface area contributed by atoms with Crippen LogP contribution in [0.2, 0.25) is 0 Å². The summed E-state index contributed by atoms with van der Waals surface area (Å²) in [5.74, 6) is 0. The van der Waals surface area contributed by atoms with E-state index < -0.39 is 6.10 Å². The molecule has 1 aromatic rings. The van der Waals surface area contributed by atoms with Crippen LogP contribution in [0.5, 0.6) is 0 Å². The molecule has 0 aliphatic carbocycles. The number of aliphatic hydroxyl groups is 1. The molecule has 1 saturated heterocycles. The highest BCUT2D eigenvalue weighted by atomic mass is 79.9. The van der Waals surface area contributed by atoms with Crippen molar-refractivity contribution < 1.29 is 9.84 Å². The van der Waals surface area contributed by atoms with E-state index in [1.54, 1.807) is 0 Å². The largest absolute Gasteiger partial charge is 0.387 e. The van der Waals surface area contributed by atoms with Gasteiger partial charge in [0.2, 0.25) is 0 Å². The second-order valence-electron chi connectivity index (χ2n) is 3.95. The molecule has 0 amide bonds. The van der Waals surface area contributed by atoms with Crippen molar-refractivity contribution in [3.05, 3.63) is 34.3 Å². The van der Waals surface area contributed by atoms with Gasteiger partial charge in [0, 0.05) is 24.1 Å². The SMILES string of the molecule is OC(CN1CCOCC1)c1ccccc1Br. The third-order valence-corrected chi connectivity index (χ3v) is 3.52. The van der Waals surface area contributed by atoms with E-state index in [4.69, 9.17) is 4.74 Å². The Labute approximate surface area is 104 Å². The maximum Gasteiger partial charge on any atom is 0.0927 e. The third kappa shape index (κ3) is 3.04. The zero-order chi connectivity index (χ0) is 11.4. The number of morpholine rings is 1. The van der Waals surface area contributed by atoms with E-state index in [1.165, 1.54) is 0 Å². The monoisotopic (exact) mass is 285 g/mol. The summed E-state index contributed by atoms with van der Waals surface area (Å²) in [6, 6.07) is 7.81. The lowest BCUT2D eigenvalue weighted by Crippen LogP contribution is -2.38. The van der Waals surface area contributed by atoms with E-state index in [1.807, 2.05) is 24.3 Å². The summed E-state index contributed by atoms with van der Waals surface area (Å²) in [4.78, 5) is 2.23. The van der Waals surface area contributed by atoms with Crippen molar-refractivity contribution in [2.24, 2.45) is 0 Å². The minimum absolute atomic E-state index is 0.436. The molecule has 16 heavy (non-hydrogen) atoms. The molecular formula is C12H16BrNO2. The molecule has 1 aliphatic rings. The number of hydrogen-bond donors (Lipinski definition) is 1. The molecule has 1 fully saturated rings. The number of benzene rings is 1. The second-order valence-corrected chi connectivity index (χ2v) is 4.80. The number of hydrogen-bond acceptors (Lipinski definition) is 3. The molecule has 1 N–H and O–H groups in total. The summed E-state index contributed by atoms with van der Waals surface area (Å²) in [6.45, 7) is 4.01. The molecule has 1 atom stereocenters. The van der Waals surface area contributed by atoms with Crippen LogP contribution < -0.4 is 0 Å². The Hall–Kier alpha value is -0.420. The minimum Gasteiger partial charge on any atom is -0.387 e. The van der Waals surface area contributed by atoms with Crippen LogP contribution in [0.1, 0.15) is 11.7 Å². The fourth-order valence-corrected chi connectivity index (χ4v) is 2.42. The van der Waals surface area contributed by atoms with Crippen molar-refractivity contribution >= 4 is 15.9 Å². The number of rotatable bonds is 3. The van der Waals surface area contributed by atoms with Gasteiger partial charge in [0.1, 0.15) is 0 Å². The first-order valence-electron chi connectivity index (χ1n) is 5.50. The predicted molar refractivity (Wildman–Crippen MR) is 66.4 cm³/mol. The van der Waals surface area contributed by atoms with E-state index >= 15 is 0 Å². The molecule has 0 aromatic heterocycles. The predicted octanol–water partition coefficient (Wildman–Crippen LogP) is 1.81. The van der Waals surface area contributed by atoms with E-state index in [0.29, 0.717) is 6.54 Å². The average molecular weight is 286 g/mol. The lowest BCUT2D eigenvalue weighted by atomic mass is 10.1. The molecule has 0 spiro atoms. The number of nitrogens with zero attached hydrogens (tertiary/aromatic N) is 1. The Bertz CT molecular complexity index is 340. The van der Waals surface area contributed by atoms with Crippen LogP contribution >= 0.6 is 15.9 Å². The third-order valence-electron chi connectivity index (χ3n) is 2.80. The van der Waals surface area contributed by atoms with Gasteiger partial charge in [0.05, 0.1) is 19.3 Å². The van der Waals surface area contributed by atoms with E-state index in [9.17, 15) is 5.11 Å². The Morgan fingerprint density at radius 3 is 2.69 bits per heavy atom. The van der Waals surface area contributed by atoms with Crippen molar-refractivity contribution in [3.63, 3.8) is 0 Å². The summed E-state index contributed by atoms with van der Waals surface area (Å²) in [5.41, 5.74) is 0.953. The molecule has 3 nitrogen and oxygen atoms in total. The molecule has 0 saturated carbocycles. The highest BCUT2D eigenvalue weighted by molar-refractivity contribution is 9.10. The number of ether oxygens (including phenoxy) is 1. The first-order chi connectivity index (χ1) is 7.77. The van der Waals surface area contributed by atoms with Crippen LogP contribution in [0.25, 0.3) is 0 Å². The first-order valence-corrected chi connectivity index (χ1v) is 6.29. The zero-order valence-electron chi connectivity index (χ0n) is 9.10. The van der Waals surface area contributed by atoms with Crippen molar-refractivity contribution in [1.82, 2.24) is 4.90 Å². The highest BCUT2D eigenvalue weighted by Gasteiger charge is 2.17. The summed E-state index contributed by atoms with van der Waals surface area (Å²) in [6.07, 6.45) is -0.436. The Balaban J connectivity index is 1.96. The van der Waals surface area contributed by atoms with Gasteiger partial charge in [-0.3, -0.25) is 4.90 Å². The fourth-order valence-electron chi connectivity index (χ4n) is 1.87. The van der Waals surface area contributed by atoms with E-state index in [2.05, 4.69) is 20.8 Å². The van der Waals surface area contributed by atoms with Crippen LogP contribution in [0.3, 0.4) is 0 Å². The molecule has 88 valence electrons. The molecule has 1 unspecified atom stereocenters. The minimum atomic E-state index is -0.436. The molecule has 1 aliphatic heterocycles. The van der Waals surface area contributed by atoms with Gasteiger partial charge in [0.15, 0.2) is 0 Å². The lowest BCUT2D eigenvalue weighted by Gasteiger charge is -2.28. The van der Waals surface area contributed by atoms with Crippen LogP contribution in [0.15, 0.2) is 28.7 Å². The van der Waals surface area contributed by atoms with Gasteiger partial charge in [-0.05, 0) is 11.6 Å². The standard InChI is InChI=1S/C12H16BrNO2/c13-11-4-2-1-3-10(11)12(15)9-14-5-7-16-8-6-14/h1-4,12,15H,5-9H2. The van der Waals surface area contributed by atoms with Crippen LogP contribution in [0, 0.1) is 0 Å². The highest BCUT2D eigenvalue weighted by Crippen LogP contribution is 2.23. The van der Waals surface area contributed by atoms with E-state index in [-0.39, 0.29) is 0 Å². The van der Waals surface area contributed by atoms with Crippen molar-refractivity contribution in [3.8, 4) is 0 Å². The summed E-state index contributed by atoms with van der Waals surface area (Å²) >= 11 is 3.46. The first kappa shape index (κ1) is 12.0. The fraction of sp³-hybridized carbons (Fsp3) is 0.500. The Morgan fingerprint density at radius 2 is 2.00 bits per heavy atom. The van der Waals surface area contributed by atoms with Gasteiger partial charge in [-0.1, -0.05) is 34.1 Å². The number of halogens is 1. The van der Waals surface area contributed by atoms with Gasteiger partial charge in [-0.15, -0.1) is 0 Å². The van der Waals surface area contributed by atoms with Gasteiger partial charge >= 0.3 is 0 Å². The van der Waals surface area contributed by atoms with Crippen molar-refractivity contribution in [1.29, 1.82) is 0 Å². The van der Waals surface area contributed by atoms with Gasteiger partial charge in [0.25, 0.3) is 0 Å². The quantitative estimate of drug-likeness (QED) is 0.920. The smallest absolute Gasteiger partial charge is 0.0927 e. The zero-order valence-corrected chi connectivity index (χ0v) is 10.7. The lowest BCUT2D eigenvalue weighted by molar-refractivity contribution is 0.0142. The summed E-state index contributed by atoms with van der Waals surface area (Å²) in [5, 5.41) is 10.1. The van der Waals surface area contributed by atoms with E-state index in [0.717, 1.165) is 36.3 Å². The molecule has 0 bridgehead atoms. The van der Waals surface area contributed by atoms with Crippen molar-refractivity contribution in [2.45, 2.75) is 6.10 Å². The van der Waals surface area contributed by atoms with Crippen LogP contribution in [0.4, 0.5) is 0 Å². The number of aliphatic hydroxyl groups excluding tert-OH is 1. The summed E-state index contributed by atoms with van der Waals surface area (Å²) < 4.78 is 6.25. The normalized spacial score (nSPS) is 19.6. The molecule has 1 aromatic carbocycles. The maximum absolute atomic E-state index is 10.1. The molecule has 4 heteroatoms. The van der Waals surface area contributed by atoms with Crippen molar-refractivity contribution in [2.75, 3.05) is 32.8 Å². The molecule has 1 heterocycles. The molecule has 0 radical (unpaired) electrons. The molecule has 2 rings (SSSR count). The van der Waals surface area contributed by atoms with Gasteiger partial charge in [-0.25, -0.2) is 0 Å². The van der Waals surface area contributed by atoms with Gasteiger partial charge < -0.3 is 9.84 Å². The topological polar surface area (TPSA) is 32.7 Å².